The summed E-state index contributed by atoms with van der Waals surface area (Å²) >= 11 is 0. The van der Waals surface area contributed by atoms with Crippen molar-refractivity contribution in [3.8, 4) is 12.3 Å². The largest absolute Gasteiger partial charge is 0.456 e. The molecule has 0 unspecified atom stereocenters. The normalized spacial score (nSPS) is 10.8. The lowest BCUT2D eigenvalue weighted by Crippen LogP contribution is -2.41. The number of hydrogen-bond acceptors (Lipinski definition) is 2. The molecule has 0 bridgehead atoms. The molecule has 15 heavy (non-hydrogen) atoms. The molecule has 0 radical (unpaired) electrons. The van der Waals surface area contributed by atoms with Crippen molar-refractivity contribution in [2.45, 2.75) is 32.7 Å². The third-order valence-electron chi connectivity index (χ3n) is 2.02. The van der Waals surface area contributed by atoms with Crippen molar-refractivity contribution in [1.29, 1.82) is 0 Å². The molecule has 1 aromatic rings. The van der Waals surface area contributed by atoms with Gasteiger partial charge in [0.25, 0.3) is 5.91 Å². The van der Waals surface area contributed by atoms with Crippen LogP contribution in [0.15, 0.2) is 16.5 Å². The minimum absolute atomic E-state index is 0.280. The van der Waals surface area contributed by atoms with E-state index in [1.54, 1.807) is 26.0 Å². The second-order valence-electron chi connectivity index (χ2n) is 3.84. The highest BCUT2D eigenvalue weighted by Crippen LogP contribution is 2.10. The van der Waals surface area contributed by atoms with Gasteiger partial charge in [0.05, 0.1) is 5.54 Å². The SMILES string of the molecule is C#CC(C)(C)NC(=O)c1ccc(CC)o1. The van der Waals surface area contributed by atoms with Gasteiger partial charge in [0.15, 0.2) is 5.76 Å². The fourth-order valence-corrected chi connectivity index (χ4v) is 1.07. The number of carbonyl (C=O) groups is 1. The van der Waals surface area contributed by atoms with Crippen molar-refractivity contribution >= 4 is 5.91 Å². The molecule has 0 saturated carbocycles. The Balaban J connectivity index is 2.74. The summed E-state index contributed by atoms with van der Waals surface area (Å²) in [7, 11) is 0. The summed E-state index contributed by atoms with van der Waals surface area (Å²) in [6.45, 7) is 5.48. The Hall–Kier alpha value is -1.69. The molecule has 1 rings (SSSR count). The Morgan fingerprint density at radius 1 is 1.60 bits per heavy atom. The van der Waals surface area contributed by atoms with Crippen LogP contribution < -0.4 is 5.32 Å². The van der Waals surface area contributed by atoms with Gasteiger partial charge in [0.2, 0.25) is 0 Å². The van der Waals surface area contributed by atoms with Crippen molar-refractivity contribution in [2.75, 3.05) is 0 Å². The second-order valence-corrected chi connectivity index (χ2v) is 3.84. The van der Waals surface area contributed by atoms with Gasteiger partial charge in [-0.2, -0.15) is 0 Å². The molecule has 0 aliphatic heterocycles. The average molecular weight is 205 g/mol. The van der Waals surface area contributed by atoms with Crippen LogP contribution in [0.3, 0.4) is 0 Å². The minimum atomic E-state index is -0.656. The lowest BCUT2D eigenvalue weighted by atomic mass is 10.1. The van der Waals surface area contributed by atoms with Gasteiger partial charge in [-0.1, -0.05) is 12.8 Å². The van der Waals surface area contributed by atoms with E-state index in [0.29, 0.717) is 5.76 Å². The van der Waals surface area contributed by atoms with E-state index in [9.17, 15) is 4.79 Å². The lowest BCUT2D eigenvalue weighted by Gasteiger charge is -2.18. The van der Waals surface area contributed by atoms with Crippen LogP contribution in [0.4, 0.5) is 0 Å². The van der Waals surface area contributed by atoms with Crippen LogP contribution in [0.1, 0.15) is 37.1 Å². The molecule has 0 aliphatic carbocycles. The maximum atomic E-state index is 11.6. The number of aryl methyl sites for hydroxylation is 1. The smallest absolute Gasteiger partial charge is 0.288 e. The van der Waals surface area contributed by atoms with E-state index in [1.807, 2.05) is 6.92 Å². The summed E-state index contributed by atoms with van der Waals surface area (Å²) in [5.41, 5.74) is -0.656. The van der Waals surface area contributed by atoms with Crippen LogP contribution in [-0.4, -0.2) is 11.4 Å². The van der Waals surface area contributed by atoms with Gasteiger partial charge in [-0.15, -0.1) is 6.42 Å². The molecular weight excluding hydrogens is 190 g/mol. The Kier molecular flexibility index (Phi) is 3.21. The van der Waals surface area contributed by atoms with Gasteiger partial charge >= 0.3 is 0 Å². The number of nitrogens with one attached hydrogen (secondary N) is 1. The Morgan fingerprint density at radius 2 is 2.27 bits per heavy atom. The van der Waals surface area contributed by atoms with Crippen LogP contribution in [0.2, 0.25) is 0 Å². The quantitative estimate of drug-likeness (QED) is 0.767. The van der Waals surface area contributed by atoms with E-state index < -0.39 is 5.54 Å². The van der Waals surface area contributed by atoms with Crippen molar-refractivity contribution < 1.29 is 9.21 Å². The fourth-order valence-electron chi connectivity index (χ4n) is 1.07. The summed E-state index contributed by atoms with van der Waals surface area (Å²) in [5.74, 6) is 3.30. The Bertz CT molecular complexity index is 396. The predicted octanol–water partition coefficient (Wildman–Crippen LogP) is 1.98. The Labute approximate surface area is 89.9 Å². The first-order valence-corrected chi connectivity index (χ1v) is 4.87. The molecule has 1 N–H and O–H groups in total. The molecule has 0 aliphatic rings. The van der Waals surface area contributed by atoms with Gasteiger partial charge in [-0.3, -0.25) is 4.79 Å². The third-order valence-corrected chi connectivity index (χ3v) is 2.02. The summed E-state index contributed by atoms with van der Waals surface area (Å²) in [6.07, 6.45) is 6.04. The zero-order valence-corrected chi connectivity index (χ0v) is 9.26. The molecule has 1 heterocycles. The molecule has 0 aromatic carbocycles. The number of amides is 1. The second kappa shape index (κ2) is 4.22. The molecule has 0 spiro atoms. The average Bonchev–Trinajstić information content (AvgIpc) is 2.65. The maximum Gasteiger partial charge on any atom is 0.288 e. The summed E-state index contributed by atoms with van der Waals surface area (Å²) < 4.78 is 5.30. The molecule has 0 fully saturated rings. The van der Waals surface area contributed by atoms with Gasteiger partial charge in [-0.05, 0) is 26.0 Å². The van der Waals surface area contributed by atoms with Crippen LogP contribution in [-0.2, 0) is 6.42 Å². The summed E-state index contributed by atoms with van der Waals surface area (Å²) in [6, 6.07) is 3.44. The monoisotopic (exact) mass is 205 g/mol. The molecule has 80 valence electrons. The van der Waals surface area contributed by atoms with Crippen molar-refractivity contribution in [1.82, 2.24) is 5.32 Å². The van der Waals surface area contributed by atoms with Crippen LogP contribution in [0.25, 0.3) is 0 Å². The van der Waals surface area contributed by atoms with Crippen LogP contribution >= 0.6 is 0 Å². The summed E-state index contributed by atoms with van der Waals surface area (Å²) in [4.78, 5) is 11.6. The highest BCUT2D eigenvalue weighted by atomic mass is 16.3. The first-order chi connectivity index (χ1) is 6.98. The number of carbonyl (C=O) groups excluding carboxylic acids is 1. The molecule has 3 heteroatoms. The van der Waals surface area contributed by atoms with Crippen molar-refractivity contribution in [3.63, 3.8) is 0 Å². The van der Waals surface area contributed by atoms with E-state index in [0.717, 1.165) is 12.2 Å². The topological polar surface area (TPSA) is 42.2 Å². The first kappa shape index (κ1) is 11.4. The van der Waals surface area contributed by atoms with E-state index in [4.69, 9.17) is 10.8 Å². The highest BCUT2D eigenvalue weighted by molar-refractivity contribution is 5.92. The van der Waals surface area contributed by atoms with Crippen LogP contribution in [0.5, 0.6) is 0 Å². The van der Waals surface area contributed by atoms with Crippen molar-refractivity contribution in [3.05, 3.63) is 23.7 Å². The zero-order chi connectivity index (χ0) is 11.5. The standard InChI is InChI=1S/C12H15NO2/c1-5-9-7-8-10(15-9)11(14)13-12(3,4)6-2/h2,7-8H,5H2,1,3-4H3,(H,13,14). The lowest BCUT2D eigenvalue weighted by molar-refractivity contribution is 0.0900. The minimum Gasteiger partial charge on any atom is -0.456 e. The molecule has 0 atom stereocenters. The van der Waals surface area contributed by atoms with Gasteiger partial charge in [0, 0.05) is 6.42 Å². The van der Waals surface area contributed by atoms with Crippen molar-refractivity contribution in [2.24, 2.45) is 0 Å². The molecule has 3 nitrogen and oxygen atoms in total. The van der Waals surface area contributed by atoms with E-state index >= 15 is 0 Å². The predicted molar refractivity (Wildman–Crippen MR) is 58.5 cm³/mol. The highest BCUT2D eigenvalue weighted by Gasteiger charge is 2.20. The van der Waals surface area contributed by atoms with Gasteiger partial charge in [-0.25, -0.2) is 0 Å². The fraction of sp³-hybridized carbons (Fsp3) is 0.417. The Morgan fingerprint density at radius 3 is 2.73 bits per heavy atom. The van der Waals surface area contributed by atoms with Gasteiger partial charge in [0.1, 0.15) is 5.76 Å². The maximum absolute atomic E-state index is 11.6. The summed E-state index contributed by atoms with van der Waals surface area (Å²) in [5, 5.41) is 2.69. The van der Waals surface area contributed by atoms with Gasteiger partial charge < -0.3 is 9.73 Å². The molecule has 1 amide bonds. The van der Waals surface area contributed by atoms with E-state index in [1.165, 1.54) is 0 Å². The number of rotatable bonds is 3. The van der Waals surface area contributed by atoms with Crippen LogP contribution in [0, 0.1) is 12.3 Å². The molecule has 1 aromatic heterocycles. The zero-order valence-electron chi connectivity index (χ0n) is 9.26. The molecule has 0 saturated heterocycles. The van der Waals surface area contributed by atoms with E-state index in [2.05, 4.69) is 11.2 Å². The first-order valence-electron chi connectivity index (χ1n) is 4.87. The number of hydrogen-bond donors (Lipinski definition) is 1. The third kappa shape index (κ3) is 2.88. The number of furan rings is 1. The van der Waals surface area contributed by atoms with E-state index in [-0.39, 0.29) is 5.91 Å². The molecular formula is C12H15NO2. The number of terminal acetylenes is 1.